The van der Waals surface area contributed by atoms with Gasteiger partial charge in [-0.1, -0.05) is 19.8 Å². The van der Waals surface area contributed by atoms with Crippen molar-refractivity contribution in [2.24, 2.45) is 5.92 Å². The maximum absolute atomic E-state index is 5.49. The maximum Gasteiger partial charge on any atom is 0.0686 e. The third kappa shape index (κ3) is 3.81. The summed E-state index contributed by atoms with van der Waals surface area (Å²) in [4.78, 5) is 2.54. The summed E-state index contributed by atoms with van der Waals surface area (Å²) in [6, 6.07) is 0.780. The monoisotopic (exact) mass is 222 g/mol. The molecule has 1 aliphatic rings. The van der Waals surface area contributed by atoms with Gasteiger partial charge in [0.2, 0.25) is 0 Å². The fourth-order valence-corrected chi connectivity index (χ4v) is 2.52. The van der Waals surface area contributed by atoms with Crippen molar-refractivity contribution < 1.29 is 0 Å². The van der Waals surface area contributed by atoms with Crippen LogP contribution in [0.2, 0.25) is 0 Å². The van der Waals surface area contributed by atoms with Crippen LogP contribution in [0.4, 0.5) is 0 Å². The van der Waals surface area contributed by atoms with Gasteiger partial charge < -0.3 is 10.2 Å². The highest BCUT2D eigenvalue weighted by atomic mass is 15.1. The molecule has 1 saturated heterocycles. The van der Waals surface area contributed by atoms with Crippen molar-refractivity contribution in [3.8, 4) is 12.3 Å². The smallest absolute Gasteiger partial charge is 0.0686 e. The quantitative estimate of drug-likeness (QED) is 0.717. The molecule has 0 aromatic rings. The van der Waals surface area contributed by atoms with Crippen molar-refractivity contribution >= 4 is 0 Å². The molecule has 3 atom stereocenters. The van der Waals surface area contributed by atoms with Crippen LogP contribution in [0.3, 0.4) is 0 Å². The zero-order valence-electron chi connectivity index (χ0n) is 11.0. The highest BCUT2D eigenvalue weighted by molar-refractivity contribution is 4.99. The lowest BCUT2D eigenvalue weighted by atomic mass is 9.91. The minimum Gasteiger partial charge on any atom is -0.303 e. The molecular formula is C14H26N2. The van der Waals surface area contributed by atoms with Crippen molar-refractivity contribution in [1.82, 2.24) is 10.2 Å². The fourth-order valence-electron chi connectivity index (χ4n) is 2.52. The second-order valence-corrected chi connectivity index (χ2v) is 4.88. The van der Waals surface area contributed by atoms with E-state index in [1.807, 2.05) is 0 Å². The molecule has 0 amide bonds. The second kappa shape index (κ2) is 6.93. The zero-order chi connectivity index (χ0) is 12.0. The van der Waals surface area contributed by atoms with E-state index >= 15 is 0 Å². The topological polar surface area (TPSA) is 15.3 Å². The van der Waals surface area contributed by atoms with Crippen LogP contribution in [0.15, 0.2) is 0 Å². The molecule has 0 radical (unpaired) electrons. The van der Waals surface area contributed by atoms with Crippen molar-refractivity contribution in [2.45, 2.75) is 52.1 Å². The molecule has 3 unspecified atom stereocenters. The fraction of sp³-hybridized carbons (Fsp3) is 0.857. The Kier molecular flexibility index (Phi) is 5.87. The third-order valence-corrected chi connectivity index (χ3v) is 3.77. The number of piperidine rings is 1. The number of hydrogen-bond acceptors (Lipinski definition) is 2. The van der Waals surface area contributed by atoms with Crippen LogP contribution in [-0.4, -0.2) is 36.6 Å². The lowest BCUT2D eigenvalue weighted by Gasteiger charge is -2.36. The van der Waals surface area contributed by atoms with Gasteiger partial charge in [0.05, 0.1) is 6.04 Å². The van der Waals surface area contributed by atoms with E-state index in [4.69, 9.17) is 6.42 Å². The minimum absolute atomic E-state index is 0.243. The van der Waals surface area contributed by atoms with E-state index in [0.29, 0.717) is 6.04 Å². The van der Waals surface area contributed by atoms with E-state index in [1.54, 1.807) is 0 Å². The van der Waals surface area contributed by atoms with E-state index in [2.05, 4.69) is 36.9 Å². The molecule has 16 heavy (non-hydrogen) atoms. The summed E-state index contributed by atoms with van der Waals surface area (Å²) in [7, 11) is 0. The van der Waals surface area contributed by atoms with Crippen molar-refractivity contribution in [2.75, 3.05) is 19.6 Å². The van der Waals surface area contributed by atoms with Crippen LogP contribution in [-0.2, 0) is 0 Å². The molecule has 1 fully saturated rings. The summed E-state index contributed by atoms with van der Waals surface area (Å²) < 4.78 is 0. The van der Waals surface area contributed by atoms with E-state index < -0.39 is 0 Å². The van der Waals surface area contributed by atoms with E-state index in [9.17, 15) is 0 Å². The van der Waals surface area contributed by atoms with Gasteiger partial charge >= 0.3 is 0 Å². The molecule has 0 aliphatic carbocycles. The average molecular weight is 222 g/mol. The average Bonchev–Trinajstić information content (AvgIpc) is 2.35. The van der Waals surface area contributed by atoms with E-state index in [1.165, 1.54) is 32.5 Å². The highest BCUT2D eigenvalue weighted by Crippen LogP contribution is 2.19. The first-order chi connectivity index (χ1) is 7.71. The summed E-state index contributed by atoms with van der Waals surface area (Å²) in [6.45, 7) is 10.3. The molecule has 0 spiro atoms. The van der Waals surface area contributed by atoms with Crippen molar-refractivity contribution in [3.63, 3.8) is 0 Å². The van der Waals surface area contributed by atoms with Gasteiger partial charge in [-0.25, -0.2) is 0 Å². The molecule has 2 heteroatoms. The predicted octanol–water partition coefficient (Wildman–Crippen LogP) is 2.11. The number of hydrogen-bond donors (Lipinski definition) is 1. The Bertz CT molecular complexity index is 231. The Morgan fingerprint density at radius 1 is 1.50 bits per heavy atom. The van der Waals surface area contributed by atoms with E-state index in [0.717, 1.165) is 12.3 Å². The Morgan fingerprint density at radius 3 is 2.81 bits per heavy atom. The maximum atomic E-state index is 5.49. The molecule has 0 bridgehead atoms. The first-order valence-electron chi connectivity index (χ1n) is 6.65. The Hall–Kier alpha value is -0.520. The Balaban J connectivity index is 2.41. The summed E-state index contributed by atoms with van der Waals surface area (Å²) in [5, 5.41) is 3.57. The number of terminal acetylenes is 1. The van der Waals surface area contributed by atoms with Gasteiger partial charge in [-0.15, -0.1) is 6.42 Å². The van der Waals surface area contributed by atoms with Gasteiger partial charge in [0, 0.05) is 12.6 Å². The van der Waals surface area contributed by atoms with Crippen LogP contribution in [0.1, 0.15) is 40.0 Å². The SMILES string of the molecule is C#CC(CC)NC(C)C1CCCN(CC)C1. The number of rotatable bonds is 5. The van der Waals surface area contributed by atoms with Crippen LogP contribution in [0.5, 0.6) is 0 Å². The van der Waals surface area contributed by atoms with Gasteiger partial charge in [0.15, 0.2) is 0 Å². The number of nitrogens with one attached hydrogen (secondary N) is 1. The molecule has 1 aliphatic heterocycles. The van der Waals surface area contributed by atoms with E-state index in [-0.39, 0.29) is 6.04 Å². The van der Waals surface area contributed by atoms with Crippen molar-refractivity contribution in [3.05, 3.63) is 0 Å². The largest absolute Gasteiger partial charge is 0.303 e. The second-order valence-electron chi connectivity index (χ2n) is 4.88. The highest BCUT2D eigenvalue weighted by Gasteiger charge is 2.24. The molecule has 0 aromatic carbocycles. The standard InChI is InChI=1S/C14H26N2/c1-5-14(6-2)15-12(4)13-9-8-10-16(7-3)11-13/h1,12-15H,6-11H2,2-4H3. The summed E-state index contributed by atoms with van der Waals surface area (Å²) in [5.74, 6) is 3.58. The molecule has 0 saturated carbocycles. The molecule has 1 rings (SSSR count). The van der Waals surface area contributed by atoms with Gasteiger partial charge in [-0.05, 0) is 45.2 Å². The summed E-state index contributed by atoms with van der Waals surface area (Å²) in [5.41, 5.74) is 0. The van der Waals surface area contributed by atoms with Crippen LogP contribution in [0, 0.1) is 18.3 Å². The molecule has 2 nitrogen and oxygen atoms in total. The number of nitrogens with zero attached hydrogens (tertiary/aromatic N) is 1. The molecule has 0 aromatic heterocycles. The van der Waals surface area contributed by atoms with Gasteiger partial charge in [-0.3, -0.25) is 0 Å². The summed E-state index contributed by atoms with van der Waals surface area (Å²) >= 11 is 0. The van der Waals surface area contributed by atoms with Crippen LogP contribution < -0.4 is 5.32 Å². The first-order valence-corrected chi connectivity index (χ1v) is 6.65. The lowest BCUT2D eigenvalue weighted by Crippen LogP contribution is -2.47. The van der Waals surface area contributed by atoms with Gasteiger partial charge in [0.1, 0.15) is 0 Å². The molecule has 1 heterocycles. The first kappa shape index (κ1) is 13.5. The third-order valence-electron chi connectivity index (χ3n) is 3.77. The Morgan fingerprint density at radius 2 is 2.25 bits per heavy atom. The number of likely N-dealkylation sites (tertiary alicyclic amines) is 1. The molecule has 1 N–H and O–H groups in total. The molecule has 92 valence electrons. The van der Waals surface area contributed by atoms with Gasteiger partial charge in [-0.2, -0.15) is 0 Å². The lowest BCUT2D eigenvalue weighted by molar-refractivity contribution is 0.155. The van der Waals surface area contributed by atoms with Gasteiger partial charge in [0.25, 0.3) is 0 Å². The van der Waals surface area contributed by atoms with Crippen LogP contribution >= 0.6 is 0 Å². The van der Waals surface area contributed by atoms with Crippen LogP contribution in [0.25, 0.3) is 0 Å². The zero-order valence-corrected chi connectivity index (χ0v) is 11.0. The minimum atomic E-state index is 0.243. The summed E-state index contributed by atoms with van der Waals surface area (Å²) in [6.07, 6.45) is 9.18. The normalized spacial score (nSPS) is 26.0. The Labute approximate surface area is 101 Å². The molecular weight excluding hydrogens is 196 g/mol. The predicted molar refractivity (Wildman–Crippen MR) is 70.3 cm³/mol. The van der Waals surface area contributed by atoms with Crippen molar-refractivity contribution in [1.29, 1.82) is 0 Å².